The molecule has 1 saturated heterocycles. The molecule has 1 aliphatic heterocycles. The first-order valence-electron chi connectivity index (χ1n) is 7.57. The number of hydrogen-bond donors (Lipinski definition) is 1. The maximum Gasteiger partial charge on any atom is 0.241 e. The topological polar surface area (TPSA) is 32.3 Å². The molecule has 1 heterocycles. The molecule has 2 aromatic carbocycles. The van der Waals surface area contributed by atoms with E-state index >= 15 is 0 Å². The minimum atomic E-state index is -0.0381. The van der Waals surface area contributed by atoms with Crippen LogP contribution >= 0.6 is 15.9 Å². The van der Waals surface area contributed by atoms with Gasteiger partial charge in [0.2, 0.25) is 5.91 Å². The van der Waals surface area contributed by atoms with Crippen LogP contribution in [0.4, 0.5) is 5.69 Å². The number of rotatable bonds is 4. The molecular formula is C18H19BrN2O. The number of nitrogens with one attached hydrogen (secondary N) is 1. The van der Waals surface area contributed by atoms with Gasteiger partial charge in [-0.3, -0.25) is 9.69 Å². The molecule has 0 aliphatic carbocycles. The molecule has 22 heavy (non-hydrogen) atoms. The first-order valence-corrected chi connectivity index (χ1v) is 8.36. The number of benzene rings is 2. The summed E-state index contributed by atoms with van der Waals surface area (Å²) in [6, 6.07) is 18.0. The van der Waals surface area contributed by atoms with Gasteiger partial charge in [-0.15, -0.1) is 0 Å². The van der Waals surface area contributed by atoms with Crippen LogP contribution in [0.5, 0.6) is 0 Å². The molecule has 0 radical (unpaired) electrons. The Morgan fingerprint density at radius 1 is 1.14 bits per heavy atom. The average Bonchev–Trinajstić information content (AvgIpc) is 2.99. The van der Waals surface area contributed by atoms with E-state index in [1.807, 2.05) is 42.5 Å². The van der Waals surface area contributed by atoms with Gasteiger partial charge in [0, 0.05) is 16.7 Å². The predicted molar refractivity (Wildman–Crippen MR) is 92.6 cm³/mol. The molecule has 0 saturated carbocycles. The summed E-state index contributed by atoms with van der Waals surface area (Å²) in [5.74, 6) is 0.0933. The molecule has 0 aromatic heterocycles. The molecule has 114 valence electrons. The maximum absolute atomic E-state index is 12.5. The SMILES string of the molecule is O=C(Nc1ccc(Br)cc1)C1CCCN1Cc1ccccc1. The fraction of sp³-hybridized carbons (Fsp3) is 0.278. The maximum atomic E-state index is 12.5. The number of likely N-dealkylation sites (tertiary alicyclic amines) is 1. The van der Waals surface area contributed by atoms with Crippen molar-refractivity contribution in [2.75, 3.05) is 11.9 Å². The van der Waals surface area contributed by atoms with E-state index in [2.05, 4.69) is 38.3 Å². The first-order chi connectivity index (χ1) is 10.7. The number of hydrogen-bond acceptors (Lipinski definition) is 2. The van der Waals surface area contributed by atoms with E-state index in [-0.39, 0.29) is 11.9 Å². The molecule has 3 nitrogen and oxygen atoms in total. The van der Waals surface area contributed by atoms with Crippen LogP contribution < -0.4 is 5.32 Å². The monoisotopic (exact) mass is 358 g/mol. The van der Waals surface area contributed by atoms with Crippen LogP contribution in [0, 0.1) is 0 Å². The van der Waals surface area contributed by atoms with Gasteiger partial charge in [-0.05, 0) is 49.2 Å². The van der Waals surface area contributed by atoms with Crippen molar-refractivity contribution in [1.82, 2.24) is 4.90 Å². The van der Waals surface area contributed by atoms with Gasteiger partial charge in [-0.1, -0.05) is 46.3 Å². The van der Waals surface area contributed by atoms with E-state index in [4.69, 9.17) is 0 Å². The molecule has 3 rings (SSSR count). The van der Waals surface area contributed by atoms with Gasteiger partial charge in [0.15, 0.2) is 0 Å². The fourth-order valence-corrected chi connectivity index (χ4v) is 3.15. The standard InChI is InChI=1S/C18H19BrN2O/c19-15-8-10-16(11-9-15)20-18(22)17-7-4-12-21(17)13-14-5-2-1-3-6-14/h1-3,5-6,8-11,17H,4,7,12-13H2,(H,20,22). The lowest BCUT2D eigenvalue weighted by Crippen LogP contribution is -2.39. The summed E-state index contributed by atoms with van der Waals surface area (Å²) in [7, 11) is 0. The zero-order valence-corrected chi connectivity index (χ0v) is 13.9. The highest BCUT2D eigenvalue weighted by Crippen LogP contribution is 2.22. The van der Waals surface area contributed by atoms with Gasteiger partial charge in [0.05, 0.1) is 6.04 Å². The predicted octanol–water partition coefficient (Wildman–Crippen LogP) is 4.05. The first kappa shape index (κ1) is 15.3. The van der Waals surface area contributed by atoms with Gasteiger partial charge < -0.3 is 5.32 Å². The molecule has 1 unspecified atom stereocenters. The lowest BCUT2D eigenvalue weighted by atomic mass is 10.1. The van der Waals surface area contributed by atoms with Crippen LogP contribution in [-0.4, -0.2) is 23.4 Å². The lowest BCUT2D eigenvalue weighted by molar-refractivity contribution is -0.120. The van der Waals surface area contributed by atoms with Gasteiger partial charge in [-0.2, -0.15) is 0 Å². The molecule has 0 spiro atoms. The molecule has 2 aromatic rings. The second kappa shape index (κ2) is 7.07. The molecule has 1 fully saturated rings. The number of amides is 1. The summed E-state index contributed by atoms with van der Waals surface area (Å²) in [6.07, 6.45) is 2.00. The molecule has 1 amide bonds. The van der Waals surface area contributed by atoms with Crippen molar-refractivity contribution in [2.45, 2.75) is 25.4 Å². The van der Waals surface area contributed by atoms with Crippen molar-refractivity contribution in [3.8, 4) is 0 Å². The van der Waals surface area contributed by atoms with Crippen molar-refractivity contribution < 1.29 is 4.79 Å². The highest BCUT2D eigenvalue weighted by Gasteiger charge is 2.30. The summed E-state index contributed by atoms with van der Waals surface area (Å²) >= 11 is 3.40. The number of carbonyl (C=O) groups is 1. The van der Waals surface area contributed by atoms with E-state index < -0.39 is 0 Å². The average molecular weight is 359 g/mol. The normalized spacial score (nSPS) is 18.3. The molecule has 1 atom stereocenters. The summed E-state index contributed by atoms with van der Waals surface area (Å²) in [6.45, 7) is 1.81. The van der Waals surface area contributed by atoms with Crippen LogP contribution in [0.1, 0.15) is 18.4 Å². The smallest absolute Gasteiger partial charge is 0.241 e. The Labute approximate surface area is 139 Å². The minimum Gasteiger partial charge on any atom is -0.325 e. The third-order valence-corrected chi connectivity index (χ3v) is 4.54. The Morgan fingerprint density at radius 3 is 2.59 bits per heavy atom. The van der Waals surface area contributed by atoms with Crippen LogP contribution in [0.2, 0.25) is 0 Å². The second-order valence-electron chi connectivity index (χ2n) is 5.61. The minimum absolute atomic E-state index is 0.0381. The van der Waals surface area contributed by atoms with E-state index in [0.29, 0.717) is 0 Å². The van der Waals surface area contributed by atoms with Crippen molar-refractivity contribution in [2.24, 2.45) is 0 Å². The third-order valence-electron chi connectivity index (χ3n) is 4.01. The molecular weight excluding hydrogens is 340 g/mol. The van der Waals surface area contributed by atoms with Crippen molar-refractivity contribution in [1.29, 1.82) is 0 Å². The summed E-state index contributed by atoms with van der Waals surface area (Å²) in [4.78, 5) is 14.8. The molecule has 1 N–H and O–H groups in total. The Kier molecular flexibility index (Phi) is 4.90. The number of nitrogens with zero attached hydrogens (tertiary/aromatic N) is 1. The highest BCUT2D eigenvalue weighted by molar-refractivity contribution is 9.10. The summed E-state index contributed by atoms with van der Waals surface area (Å²) < 4.78 is 1.01. The number of carbonyl (C=O) groups excluding carboxylic acids is 1. The lowest BCUT2D eigenvalue weighted by Gasteiger charge is -2.23. The van der Waals surface area contributed by atoms with Crippen molar-refractivity contribution >= 4 is 27.5 Å². The van der Waals surface area contributed by atoms with Gasteiger partial charge in [0.1, 0.15) is 0 Å². The number of anilines is 1. The quantitative estimate of drug-likeness (QED) is 0.893. The third kappa shape index (κ3) is 3.76. The highest BCUT2D eigenvalue weighted by atomic mass is 79.9. The Bertz CT molecular complexity index is 627. The van der Waals surface area contributed by atoms with E-state index in [1.54, 1.807) is 0 Å². The van der Waals surface area contributed by atoms with Crippen LogP contribution in [-0.2, 0) is 11.3 Å². The van der Waals surface area contributed by atoms with Crippen molar-refractivity contribution in [3.63, 3.8) is 0 Å². The van der Waals surface area contributed by atoms with Gasteiger partial charge in [0.25, 0.3) is 0 Å². The summed E-state index contributed by atoms with van der Waals surface area (Å²) in [5.41, 5.74) is 2.10. The van der Waals surface area contributed by atoms with Crippen LogP contribution in [0.25, 0.3) is 0 Å². The van der Waals surface area contributed by atoms with E-state index in [0.717, 1.165) is 36.1 Å². The Balaban J connectivity index is 1.64. The van der Waals surface area contributed by atoms with Crippen LogP contribution in [0.3, 0.4) is 0 Å². The second-order valence-corrected chi connectivity index (χ2v) is 6.53. The largest absolute Gasteiger partial charge is 0.325 e. The summed E-state index contributed by atoms with van der Waals surface area (Å²) in [5, 5.41) is 3.03. The Morgan fingerprint density at radius 2 is 1.86 bits per heavy atom. The molecule has 0 bridgehead atoms. The Hall–Kier alpha value is -1.65. The van der Waals surface area contributed by atoms with Crippen LogP contribution in [0.15, 0.2) is 59.1 Å². The number of halogens is 1. The molecule has 1 aliphatic rings. The fourth-order valence-electron chi connectivity index (χ4n) is 2.89. The van der Waals surface area contributed by atoms with E-state index in [9.17, 15) is 4.79 Å². The van der Waals surface area contributed by atoms with Gasteiger partial charge in [-0.25, -0.2) is 0 Å². The van der Waals surface area contributed by atoms with E-state index in [1.165, 1.54) is 5.56 Å². The van der Waals surface area contributed by atoms with Crippen molar-refractivity contribution in [3.05, 3.63) is 64.6 Å². The molecule has 4 heteroatoms. The zero-order chi connectivity index (χ0) is 15.4. The zero-order valence-electron chi connectivity index (χ0n) is 12.3. The van der Waals surface area contributed by atoms with Gasteiger partial charge >= 0.3 is 0 Å².